The number of imidazole rings is 2. The Morgan fingerprint density at radius 1 is 0.909 bits per heavy atom. The predicted octanol–water partition coefficient (Wildman–Crippen LogP) is 8.40. The number of aliphatic carboxylic acids is 1. The van der Waals surface area contributed by atoms with E-state index in [0.29, 0.717) is 57.4 Å². The normalized spacial score (nSPS) is 22.7. The van der Waals surface area contributed by atoms with Gasteiger partial charge in [-0.25, -0.2) is 14.4 Å². The van der Waals surface area contributed by atoms with Crippen molar-refractivity contribution >= 4 is 52.7 Å². The molecule has 2 N–H and O–H groups in total. The monoisotopic (exact) mass is 787 g/mol. The lowest BCUT2D eigenvalue weighted by Crippen LogP contribution is -2.36. The van der Waals surface area contributed by atoms with Crippen molar-refractivity contribution in [3.05, 3.63) is 86.4 Å². The molecule has 2 fully saturated rings. The van der Waals surface area contributed by atoms with Crippen molar-refractivity contribution in [2.45, 2.75) is 84.3 Å². The van der Waals surface area contributed by atoms with Crippen LogP contribution in [0.3, 0.4) is 0 Å². The molecular weight excluding hydrogens is 740 g/mol. The number of hydrogen-bond donors (Lipinski definition) is 2. The Labute approximate surface area is 331 Å². The lowest BCUT2D eigenvalue weighted by Gasteiger charge is -2.32. The summed E-state index contributed by atoms with van der Waals surface area (Å²) >= 11 is 13.9. The highest BCUT2D eigenvalue weighted by molar-refractivity contribution is 6.39. The minimum Gasteiger partial charge on any atom is -0.481 e. The van der Waals surface area contributed by atoms with Gasteiger partial charge in [-0.15, -0.1) is 0 Å². The summed E-state index contributed by atoms with van der Waals surface area (Å²) in [5, 5.41) is 13.4. The zero-order chi connectivity index (χ0) is 38.8. The van der Waals surface area contributed by atoms with Crippen LogP contribution in [0.25, 0.3) is 23.0 Å². The molecule has 4 aliphatic rings. The second-order valence-corrected chi connectivity index (χ2v) is 17.2. The molecule has 0 saturated heterocycles. The minimum atomic E-state index is -0.627. The van der Waals surface area contributed by atoms with Crippen molar-refractivity contribution in [1.29, 1.82) is 0 Å². The van der Waals surface area contributed by atoms with Gasteiger partial charge in [0.25, 0.3) is 5.91 Å². The van der Waals surface area contributed by atoms with E-state index in [1.54, 1.807) is 24.3 Å². The van der Waals surface area contributed by atoms with Crippen LogP contribution in [0.5, 0.6) is 0 Å². The summed E-state index contributed by atoms with van der Waals surface area (Å²) in [6.45, 7) is 8.32. The molecule has 2 aromatic carbocycles. The third-order valence-electron chi connectivity index (χ3n) is 13.0. The van der Waals surface area contributed by atoms with E-state index in [0.717, 1.165) is 93.8 Å². The topological polar surface area (TPSA) is 109 Å². The first-order chi connectivity index (χ1) is 26.3. The summed E-state index contributed by atoms with van der Waals surface area (Å²) in [5.74, 6) is -0.901. The van der Waals surface area contributed by atoms with Crippen LogP contribution in [0.4, 0.5) is 10.1 Å². The molecule has 4 heterocycles. The van der Waals surface area contributed by atoms with E-state index < -0.39 is 17.2 Å². The van der Waals surface area contributed by atoms with E-state index in [9.17, 15) is 14.7 Å². The third kappa shape index (κ3) is 6.81. The van der Waals surface area contributed by atoms with Crippen molar-refractivity contribution in [3.8, 4) is 11.1 Å². The number of nitrogens with one attached hydrogen (secondary N) is 1. The second-order valence-electron chi connectivity index (χ2n) is 16.5. The average molecular weight is 789 g/mol. The lowest BCUT2D eigenvalue weighted by atomic mass is 9.80. The summed E-state index contributed by atoms with van der Waals surface area (Å²) in [4.78, 5) is 39.9. The van der Waals surface area contributed by atoms with Gasteiger partial charge in [-0.1, -0.05) is 53.5 Å². The average Bonchev–Trinajstić information content (AvgIpc) is 3.92. The first-order valence-corrected chi connectivity index (χ1v) is 20.1. The van der Waals surface area contributed by atoms with E-state index in [2.05, 4.69) is 33.9 Å². The quantitative estimate of drug-likeness (QED) is 0.166. The van der Waals surface area contributed by atoms with Gasteiger partial charge in [-0.2, -0.15) is 0 Å². The molecule has 0 spiro atoms. The van der Waals surface area contributed by atoms with Crippen molar-refractivity contribution in [2.24, 2.45) is 24.9 Å². The number of rotatable bonds is 10. The number of halogens is 3. The molecule has 2 aliphatic heterocycles. The highest BCUT2D eigenvalue weighted by Crippen LogP contribution is 2.63. The smallest absolute Gasteiger partial charge is 0.309 e. The zero-order valence-electron chi connectivity index (χ0n) is 31.9. The molecule has 10 nitrogen and oxygen atoms in total. The number of carbonyl (C=O) groups excluding carboxylic acids is 1. The number of amides is 1. The molecule has 0 radical (unpaired) electrons. The number of hydrogen-bond acceptors (Lipinski definition) is 6. The van der Waals surface area contributed by atoms with Crippen LogP contribution < -0.4 is 5.32 Å². The lowest BCUT2D eigenvalue weighted by molar-refractivity contribution is -0.148. The van der Waals surface area contributed by atoms with Crippen LogP contribution >= 0.6 is 23.2 Å². The number of carboxylic acids is 1. The molecular formula is C42H48Cl2FN7O3. The van der Waals surface area contributed by atoms with E-state index in [1.807, 2.05) is 35.4 Å². The maximum absolute atomic E-state index is 15.9. The predicted molar refractivity (Wildman–Crippen MR) is 214 cm³/mol. The molecule has 55 heavy (non-hydrogen) atoms. The maximum atomic E-state index is 15.9. The van der Waals surface area contributed by atoms with Crippen molar-refractivity contribution in [3.63, 3.8) is 0 Å². The molecule has 0 unspecified atom stereocenters. The molecule has 2 saturated carbocycles. The van der Waals surface area contributed by atoms with Gasteiger partial charge in [-0.3, -0.25) is 19.4 Å². The van der Waals surface area contributed by atoms with Gasteiger partial charge in [-0.05, 0) is 82.0 Å². The molecule has 2 aromatic heterocycles. The van der Waals surface area contributed by atoms with Gasteiger partial charge in [0, 0.05) is 81.7 Å². The molecule has 290 valence electrons. The van der Waals surface area contributed by atoms with E-state index in [4.69, 9.17) is 28.2 Å². The van der Waals surface area contributed by atoms with Gasteiger partial charge in [0.15, 0.2) is 17.5 Å². The number of carboxylic acid groups (broad SMARTS) is 1. The maximum Gasteiger partial charge on any atom is 0.309 e. The SMILES string of the molecule is CC(C)N1CCc2c(nc(/C(F)=C/c3cccc(-c4cccc(NC(=O)c5nc6c(n5C)CCN(CCC57CCC(C(=O)O)(CC5)C7)C6)c4Cl)c3Cl)n2C)C1. The second kappa shape index (κ2) is 14.5. The summed E-state index contributed by atoms with van der Waals surface area (Å²) in [6, 6.07) is 11.1. The molecule has 2 aliphatic carbocycles. The largest absolute Gasteiger partial charge is 0.481 e. The van der Waals surface area contributed by atoms with Gasteiger partial charge in [0.05, 0.1) is 32.5 Å². The van der Waals surface area contributed by atoms with Crippen LogP contribution in [0.15, 0.2) is 36.4 Å². The van der Waals surface area contributed by atoms with E-state index >= 15 is 4.39 Å². The Kier molecular flexibility index (Phi) is 9.97. The van der Waals surface area contributed by atoms with Gasteiger partial charge in [0.2, 0.25) is 0 Å². The van der Waals surface area contributed by atoms with Crippen LogP contribution in [0.1, 0.15) is 97.2 Å². The van der Waals surface area contributed by atoms with Gasteiger partial charge in [0.1, 0.15) is 0 Å². The van der Waals surface area contributed by atoms with Gasteiger partial charge >= 0.3 is 5.97 Å². The standard InChI is InChI=1S/C42H48Cl2FN7O3/c1-25(2)52-19-12-34-32(23-52)46-37(49(34)3)29(45)21-26-7-5-8-27(35(26)43)28-9-6-10-30(36(28)44)48-39(53)38-47-31-22-51(18-11-33(31)50(38)4)20-17-41-13-15-42(24-41,16-14-41)40(54)55/h5-10,21,25H,11-20,22-24H2,1-4H3,(H,48,53)(H,54,55)/b29-21-. The Morgan fingerprint density at radius 2 is 1.55 bits per heavy atom. The Hall–Kier alpha value is -4.03. The fourth-order valence-electron chi connectivity index (χ4n) is 9.62. The number of carbonyl (C=O) groups is 2. The first kappa shape index (κ1) is 37.9. The Morgan fingerprint density at radius 3 is 2.24 bits per heavy atom. The summed E-state index contributed by atoms with van der Waals surface area (Å²) in [5.41, 5.74) is 5.60. The van der Waals surface area contributed by atoms with Gasteiger partial charge < -0.3 is 19.6 Å². The van der Waals surface area contributed by atoms with Crippen LogP contribution in [-0.4, -0.2) is 71.6 Å². The van der Waals surface area contributed by atoms with E-state index in [1.165, 1.54) is 6.08 Å². The third-order valence-corrected chi connectivity index (χ3v) is 13.8. The molecule has 1 amide bonds. The number of aromatic nitrogens is 4. The highest BCUT2D eigenvalue weighted by atomic mass is 35.5. The van der Waals surface area contributed by atoms with Crippen molar-refractivity contribution < 1.29 is 19.1 Å². The van der Waals surface area contributed by atoms with Crippen molar-refractivity contribution in [2.75, 3.05) is 25.0 Å². The van der Waals surface area contributed by atoms with Crippen LogP contribution in [0.2, 0.25) is 10.0 Å². The number of nitrogens with zero attached hydrogens (tertiary/aromatic N) is 6. The molecule has 2 bridgehead atoms. The van der Waals surface area contributed by atoms with Crippen molar-refractivity contribution in [1.82, 2.24) is 28.9 Å². The fraction of sp³-hybridized carbons (Fsp3) is 0.476. The van der Waals surface area contributed by atoms with Crippen LogP contribution in [-0.2, 0) is 44.8 Å². The van der Waals surface area contributed by atoms with Crippen LogP contribution in [0, 0.1) is 10.8 Å². The summed E-state index contributed by atoms with van der Waals surface area (Å²) < 4.78 is 19.6. The number of anilines is 1. The molecule has 4 aromatic rings. The molecule has 0 atom stereocenters. The van der Waals surface area contributed by atoms with E-state index in [-0.39, 0.29) is 17.1 Å². The Bertz CT molecular complexity index is 2220. The number of fused-ring (bicyclic) bond motifs is 4. The zero-order valence-corrected chi connectivity index (χ0v) is 33.4. The summed E-state index contributed by atoms with van der Waals surface area (Å²) in [7, 11) is 3.72. The molecule has 8 rings (SSSR count). The first-order valence-electron chi connectivity index (χ1n) is 19.3. The molecule has 13 heteroatoms. The minimum absolute atomic E-state index is 0.134. The fourth-order valence-corrected chi connectivity index (χ4v) is 10.2. The summed E-state index contributed by atoms with van der Waals surface area (Å²) in [6.07, 6.45) is 8.36. The highest BCUT2D eigenvalue weighted by Gasteiger charge is 2.57. The Balaban J connectivity index is 0.965. The number of benzene rings is 2.